The van der Waals surface area contributed by atoms with E-state index < -0.39 is 0 Å². The van der Waals surface area contributed by atoms with Crippen LogP contribution in [0.2, 0.25) is 0 Å². The van der Waals surface area contributed by atoms with E-state index in [1.807, 2.05) is 0 Å². The predicted molar refractivity (Wildman–Crippen MR) is 91.5 cm³/mol. The molecule has 3 heteroatoms. The topological polar surface area (TPSA) is 44.5 Å². The number of rotatable bonds is 6. The lowest BCUT2D eigenvalue weighted by Gasteiger charge is -2.15. The second kappa shape index (κ2) is 9.65. The van der Waals surface area contributed by atoms with E-state index >= 15 is 0 Å². The molecular weight excluding hydrogens is 274 g/mol. The van der Waals surface area contributed by atoms with Gasteiger partial charge in [-0.3, -0.25) is 0 Å². The van der Waals surface area contributed by atoms with Gasteiger partial charge in [-0.1, -0.05) is 30.4 Å². The molecule has 0 saturated carbocycles. The number of allylic oxidation sites excluding steroid dienone is 7. The quantitative estimate of drug-likeness (QED) is 0.806. The molecule has 0 aromatic carbocycles. The van der Waals surface area contributed by atoms with Crippen molar-refractivity contribution in [3.05, 3.63) is 47.8 Å². The summed E-state index contributed by atoms with van der Waals surface area (Å²) in [5.41, 5.74) is 6.97. The van der Waals surface area contributed by atoms with Crippen molar-refractivity contribution in [2.75, 3.05) is 13.7 Å². The lowest BCUT2D eigenvalue weighted by molar-refractivity contribution is 0.0376. The Morgan fingerprint density at radius 3 is 2.68 bits per heavy atom. The highest BCUT2D eigenvalue weighted by Crippen LogP contribution is 2.28. The summed E-state index contributed by atoms with van der Waals surface area (Å²) in [5.74, 6) is 1.01. The Hall–Kier alpha value is -1.32. The van der Waals surface area contributed by atoms with E-state index in [2.05, 4.69) is 36.5 Å². The summed E-state index contributed by atoms with van der Waals surface area (Å²) in [6.07, 6.45) is 20.9. The maximum Gasteiger partial charge on any atom is 0.118 e. The van der Waals surface area contributed by atoms with Crippen molar-refractivity contribution in [2.45, 2.75) is 57.2 Å². The third-order valence-corrected chi connectivity index (χ3v) is 4.31. The van der Waals surface area contributed by atoms with Gasteiger partial charge in [-0.15, -0.1) is 0 Å². The molecule has 0 aromatic heterocycles. The fourth-order valence-electron chi connectivity index (χ4n) is 3.08. The molecule has 1 heterocycles. The first kappa shape index (κ1) is 17.0. The molecule has 22 heavy (non-hydrogen) atoms. The van der Waals surface area contributed by atoms with Gasteiger partial charge in [0.25, 0.3) is 0 Å². The fourth-order valence-corrected chi connectivity index (χ4v) is 3.08. The summed E-state index contributed by atoms with van der Waals surface area (Å²) in [5, 5.41) is 0. The molecule has 2 atom stereocenters. The molecule has 1 aliphatic carbocycles. The van der Waals surface area contributed by atoms with Gasteiger partial charge in [-0.05, 0) is 63.1 Å². The van der Waals surface area contributed by atoms with E-state index in [1.54, 1.807) is 7.11 Å². The van der Waals surface area contributed by atoms with Gasteiger partial charge in [0.15, 0.2) is 0 Å². The monoisotopic (exact) mass is 303 g/mol. The number of nitrogens with two attached hydrogens (primary N) is 1. The van der Waals surface area contributed by atoms with Crippen molar-refractivity contribution in [2.24, 2.45) is 5.73 Å². The van der Waals surface area contributed by atoms with Crippen LogP contribution in [-0.4, -0.2) is 25.9 Å². The highest BCUT2D eigenvalue weighted by Gasteiger charge is 2.24. The zero-order valence-electron chi connectivity index (χ0n) is 13.7. The maximum absolute atomic E-state index is 6.07. The molecule has 1 fully saturated rings. The standard InChI is InChI=1S/C19H29NO2/c1-21-19-9-7-5-3-2-4-6-8-16(19)10-11-17-12-13-18(22-17)14-15-20/h2-4,6-7,9,17-18H,5,8,10-15,20H2,1H3/b3-2-,6-4-,9-7-,19-16-. The van der Waals surface area contributed by atoms with Crippen molar-refractivity contribution in [1.82, 2.24) is 0 Å². The SMILES string of the molecule is COC1=C(\CCC2CCC(CCN)O2)C/C=C\C=C/C/C=C\1. The predicted octanol–water partition coefficient (Wildman–Crippen LogP) is 4.03. The first-order valence-electron chi connectivity index (χ1n) is 8.43. The molecule has 1 saturated heterocycles. The van der Waals surface area contributed by atoms with E-state index in [1.165, 1.54) is 5.57 Å². The largest absolute Gasteiger partial charge is 0.497 e. The van der Waals surface area contributed by atoms with Crippen LogP contribution in [0.25, 0.3) is 0 Å². The number of hydrogen-bond donors (Lipinski definition) is 1. The molecule has 0 amide bonds. The minimum atomic E-state index is 0.375. The second-order valence-electron chi connectivity index (χ2n) is 5.94. The van der Waals surface area contributed by atoms with Crippen LogP contribution in [0.3, 0.4) is 0 Å². The van der Waals surface area contributed by atoms with Gasteiger partial charge < -0.3 is 15.2 Å². The van der Waals surface area contributed by atoms with Gasteiger partial charge >= 0.3 is 0 Å². The van der Waals surface area contributed by atoms with Gasteiger partial charge in [0.1, 0.15) is 5.76 Å². The van der Waals surface area contributed by atoms with Crippen LogP contribution < -0.4 is 5.73 Å². The molecule has 0 radical (unpaired) electrons. The minimum absolute atomic E-state index is 0.375. The fraction of sp³-hybridized carbons (Fsp3) is 0.579. The van der Waals surface area contributed by atoms with Gasteiger partial charge in [0.2, 0.25) is 0 Å². The summed E-state index contributed by atoms with van der Waals surface area (Å²) in [6.45, 7) is 0.722. The highest BCUT2D eigenvalue weighted by molar-refractivity contribution is 5.25. The Labute approximate surface area is 134 Å². The smallest absolute Gasteiger partial charge is 0.118 e. The van der Waals surface area contributed by atoms with Gasteiger partial charge in [0.05, 0.1) is 19.3 Å². The number of ether oxygens (including phenoxy) is 2. The first-order valence-corrected chi connectivity index (χ1v) is 8.43. The van der Waals surface area contributed by atoms with E-state index in [0.29, 0.717) is 12.2 Å². The van der Waals surface area contributed by atoms with Crippen LogP contribution in [0.15, 0.2) is 47.8 Å². The molecule has 0 bridgehead atoms. The van der Waals surface area contributed by atoms with Crippen molar-refractivity contribution in [1.29, 1.82) is 0 Å². The highest BCUT2D eigenvalue weighted by atomic mass is 16.5. The van der Waals surface area contributed by atoms with Crippen LogP contribution >= 0.6 is 0 Å². The molecular formula is C19H29NO2. The second-order valence-corrected chi connectivity index (χ2v) is 5.94. The van der Waals surface area contributed by atoms with E-state index in [9.17, 15) is 0 Å². The van der Waals surface area contributed by atoms with Crippen LogP contribution in [0.1, 0.15) is 44.9 Å². The summed E-state index contributed by atoms with van der Waals surface area (Å²) < 4.78 is 11.7. The Morgan fingerprint density at radius 1 is 1.14 bits per heavy atom. The molecule has 2 aliphatic rings. The minimum Gasteiger partial charge on any atom is -0.497 e. The van der Waals surface area contributed by atoms with Crippen molar-refractivity contribution in [3.63, 3.8) is 0 Å². The van der Waals surface area contributed by atoms with Crippen LogP contribution in [-0.2, 0) is 9.47 Å². The Kier molecular flexibility index (Phi) is 7.47. The molecule has 2 rings (SSSR count). The average molecular weight is 303 g/mol. The van der Waals surface area contributed by atoms with Crippen molar-refractivity contribution in [3.8, 4) is 0 Å². The van der Waals surface area contributed by atoms with Crippen LogP contribution in [0, 0.1) is 0 Å². The molecule has 2 N–H and O–H groups in total. The number of methoxy groups -OCH3 is 1. The zero-order chi connectivity index (χ0) is 15.6. The lowest BCUT2D eigenvalue weighted by atomic mass is 10.00. The molecule has 122 valence electrons. The van der Waals surface area contributed by atoms with Crippen LogP contribution in [0.4, 0.5) is 0 Å². The van der Waals surface area contributed by atoms with E-state index in [-0.39, 0.29) is 0 Å². The molecule has 1 aliphatic heterocycles. The average Bonchev–Trinajstić information content (AvgIpc) is 2.98. The first-order chi connectivity index (χ1) is 10.8. The molecule has 2 unspecified atom stereocenters. The van der Waals surface area contributed by atoms with Crippen molar-refractivity contribution >= 4 is 0 Å². The van der Waals surface area contributed by atoms with Crippen molar-refractivity contribution < 1.29 is 9.47 Å². The normalized spacial score (nSPS) is 33.4. The molecule has 3 nitrogen and oxygen atoms in total. The summed E-state index contributed by atoms with van der Waals surface area (Å²) in [6, 6.07) is 0. The van der Waals surface area contributed by atoms with Gasteiger partial charge in [-0.25, -0.2) is 0 Å². The third-order valence-electron chi connectivity index (χ3n) is 4.31. The maximum atomic E-state index is 6.07. The molecule has 0 aromatic rings. The third kappa shape index (κ3) is 5.47. The van der Waals surface area contributed by atoms with E-state index in [4.69, 9.17) is 15.2 Å². The summed E-state index contributed by atoms with van der Waals surface area (Å²) in [4.78, 5) is 0. The Balaban J connectivity index is 1.92. The van der Waals surface area contributed by atoms with Gasteiger partial charge in [-0.2, -0.15) is 0 Å². The number of hydrogen-bond acceptors (Lipinski definition) is 3. The molecule has 0 spiro atoms. The van der Waals surface area contributed by atoms with Gasteiger partial charge in [0, 0.05) is 0 Å². The summed E-state index contributed by atoms with van der Waals surface area (Å²) >= 11 is 0. The Bertz CT molecular complexity index is 448. The zero-order valence-corrected chi connectivity index (χ0v) is 13.7. The Morgan fingerprint density at radius 2 is 1.91 bits per heavy atom. The van der Waals surface area contributed by atoms with Crippen LogP contribution in [0.5, 0.6) is 0 Å². The van der Waals surface area contributed by atoms with E-state index in [0.717, 1.165) is 57.2 Å². The lowest BCUT2D eigenvalue weighted by Crippen LogP contribution is -2.15. The summed E-state index contributed by atoms with van der Waals surface area (Å²) in [7, 11) is 1.76.